The van der Waals surface area contributed by atoms with E-state index < -0.39 is 9.84 Å². The van der Waals surface area contributed by atoms with Gasteiger partial charge in [0.05, 0.1) is 11.0 Å². The molecule has 2 fully saturated rings. The van der Waals surface area contributed by atoms with Gasteiger partial charge in [0.15, 0.2) is 9.84 Å². The molecular formula is C20H30N2O3S. The molecule has 1 aromatic rings. The van der Waals surface area contributed by atoms with Crippen LogP contribution in [0.4, 0.5) is 0 Å². The van der Waals surface area contributed by atoms with Gasteiger partial charge in [-0.3, -0.25) is 4.79 Å². The molecule has 0 aromatic heterocycles. The maximum atomic E-state index is 12.8. The van der Waals surface area contributed by atoms with Gasteiger partial charge in [-0.2, -0.15) is 0 Å². The smallest absolute Gasteiger partial charge is 0.223 e. The monoisotopic (exact) mass is 378 g/mol. The lowest BCUT2D eigenvalue weighted by Crippen LogP contribution is -2.47. The van der Waals surface area contributed by atoms with Crippen LogP contribution in [0.1, 0.15) is 32.3 Å². The summed E-state index contributed by atoms with van der Waals surface area (Å²) in [5.41, 5.74) is 1.06. The fourth-order valence-electron chi connectivity index (χ4n) is 4.17. The lowest BCUT2D eigenvalue weighted by molar-refractivity contribution is -0.126. The van der Waals surface area contributed by atoms with E-state index in [0.29, 0.717) is 25.4 Å². The second kappa shape index (κ2) is 8.09. The number of likely N-dealkylation sites (tertiary alicyclic amines) is 1. The number of rotatable bonds is 6. The van der Waals surface area contributed by atoms with Gasteiger partial charge in [0.2, 0.25) is 5.91 Å². The average molecular weight is 379 g/mol. The van der Waals surface area contributed by atoms with Crippen LogP contribution >= 0.6 is 0 Å². The molecule has 2 aliphatic heterocycles. The summed E-state index contributed by atoms with van der Waals surface area (Å²) in [7, 11) is -3.09. The van der Waals surface area contributed by atoms with Crippen LogP contribution in [0.2, 0.25) is 0 Å². The third-order valence-corrected chi connectivity index (χ3v) is 7.97. The number of nitrogens with one attached hydrogen (secondary N) is 1. The molecule has 2 saturated heterocycles. The summed E-state index contributed by atoms with van der Waals surface area (Å²) >= 11 is 0. The zero-order chi connectivity index (χ0) is 18.7. The number of fused-ring (bicyclic) bond motifs is 1. The standard InChI is InChI=1S/C20H30N2O3S/c1-15(2)8-10-22-13-18-17(9-11-26(24,25)19(18)14-22)20(23)21-12-16-6-4-3-5-7-16/h3-7,15,17-19H,8-14H2,1-2H3,(H,21,23)/t17-,18-,19-/m1/s1. The highest BCUT2D eigenvalue weighted by molar-refractivity contribution is 7.92. The largest absolute Gasteiger partial charge is 0.352 e. The molecule has 1 N–H and O–H groups in total. The third-order valence-electron chi connectivity index (χ3n) is 5.75. The molecule has 0 aliphatic carbocycles. The molecule has 2 aliphatic rings. The molecular weight excluding hydrogens is 348 g/mol. The number of hydrogen-bond acceptors (Lipinski definition) is 4. The van der Waals surface area contributed by atoms with Crippen molar-refractivity contribution in [3.05, 3.63) is 35.9 Å². The third kappa shape index (κ3) is 4.46. The van der Waals surface area contributed by atoms with Crippen LogP contribution in [0.25, 0.3) is 0 Å². The van der Waals surface area contributed by atoms with E-state index >= 15 is 0 Å². The molecule has 1 amide bonds. The molecule has 3 atom stereocenters. The van der Waals surface area contributed by atoms with E-state index in [2.05, 4.69) is 24.1 Å². The van der Waals surface area contributed by atoms with E-state index in [0.717, 1.165) is 25.1 Å². The van der Waals surface area contributed by atoms with Gasteiger partial charge in [-0.15, -0.1) is 0 Å². The number of nitrogens with zero attached hydrogens (tertiary/aromatic N) is 1. The molecule has 0 unspecified atom stereocenters. The molecule has 2 heterocycles. The van der Waals surface area contributed by atoms with Crippen molar-refractivity contribution >= 4 is 15.7 Å². The number of benzene rings is 1. The minimum absolute atomic E-state index is 0.00413. The summed E-state index contributed by atoms with van der Waals surface area (Å²) in [4.78, 5) is 15.0. The number of sulfone groups is 1. The van der Waals surface area contributed by atoms with Gasteiger partial charge in [0.1, 0.15) is 0 Å². The van der Waals surface area contributed by atoms with Crippen molar-refractivity contribution in [3.8, 4) is 0 Å². The maximum absolute atomic E-state index is 12.8. The predicted molar refractivity (Wildman–Crippen MR) is 103 cm³/mol. The van der Waals surface area contributed by atoms with Crippen LogP contribution in [0.5, 0.6) is 0 Å². The van der Waals surface area contributed by atoms with Crippen LogP contribution in [0, 0.1) is 17.8 Å². The fraction of sp³-hybridized carbons (Fsp3) is 0.650. The van der Waals surface area contributed by atoms with Crippen molar-refractivity contribution < 1.29 is 13.2 Å². The van der Waals surface area contributed by atoms with Crippen molar-refractivity contribution in [1.82, 2.24) is 10.2 Å². The van der Waals surface area contributed by atoms with Crippen LogP contribution in [0.15, 0.2) is 30.3 Å². The minimum Gasteiger partial charge on any atom is -0.352 e. The highest BCUT2D eigenvalue weighted by atomic mass is 32.2. The molecule has 144 valence electrons. The lowest BCUT2D eigenvalue weighted by Gasteiger charge is -2.31. The van der Waals surface area contributed by atoms with E-state index in [9.17, 15) is 13.2 Å². The van der Waals surface area contributed by atoms with E-state index in [4.69, 9.17) is 0 Å². The van der Waals surface area contributed by atoms with Gasteiger partial charge < -0.3 is 10.2 Å². The first kappa shape index (κ1) is 19.4. The quantitative estimate of drug-likeness (QED) is 0.823. The number of carbonyl (C=O) groups excluding carboxylic acids is 1. The first-order valence-electron chi connectivity index (χ1n) is 9.62. The Balaban J connectivity index is 1.65. The molecule has 3 rings (SSSR count). The van der Waals surface area contributed by atoms with Crippen LogP contribution < -0.4 is 5.32 Å². The highest BCUT2D eigenvalue weighted by Crippen LogP contribution is 2.37. The summed E-state index contributed by atoms with van der Waals surface area (Å²) in [6, 6.07) is 9.82. The molecule has 5 nitrogen and oxygen atoms in total. The summed E-state index contributed by atoms with van der Waals surface area (Å²) in [6.45, 7) is 7.08. The lowest BCUT2D eigenvalue weighted by atomic mass is 9.87. The molecule has 0 saturated carbocycles. The van der Waals surface area contributed by atoms with Crippen molar-refractivity contribution in [2.45, 2.75) is 38.5 Å². The van der Waals surface area contributed by atoms with Crippen LogP contribution in [-0.4, -0.2) is 49.9 Å². The summed E-state index contributed by atoms with van der Waals surface area (Å²) in [5.74, 6) is 0.465. The topological polar surface area (TPSA) is 66.5 Å². The minimum atomic E-state index is -3.09. The van der Waals surface area contributed by atoms with E-state index in [1.807, 2.05) is 30.3 Å². The Labute approximate surface area is 157 Å². The van der Waals surface area contributed by atoms with Crippen LogP contribution in [0.3, 0.4) is 0 Å². The Hall–Kier alpha value is -1.40. The summed E-state index contributed by atoms with van der Waals surface area (Å²) in [5, 5.41) is 2.64. The molecule has 0 spiro atoms. The molecule has 0 bridgehead atoms. The van der Waals surface area contributed by atoms with E-state index in [1.165, 1.54) is 0 Å². The summed E-state index contributed by atoms with van der Waals surface area (Å²) in [6.07, 6.45) is 1.51. The molecule has 1 aromatic carbocycles. The van der Waals surface area contributed by atoms with Crippen molar-refractivity contribution in [2.75, 3.05) is 25.4 Å². The Kier molecular flexibility index (Phi) is 6.03. The number of carbonyl (C=O) groups is 1. The predicted octanol–water partition coefficient (Wildman–Crippen LogP) is 2.08. The summed E-state index contributed by atoms with van der Waals surface area (Å²) < 4.78 is 25.1. The van der Waals surface area contributed by atoms with Crippen molar-refractivity contribution in [1.29, 1.82) is 0 Å². The van der Waals surface area contributed by atoms with Gasteiger partial charge in [-0.05, 0) is 30.9 Å². The van der Waals surface area contributed by atoms with E-state index in [-0.39, 0.29) is 28.7 Å². The zero-order valence-corrected chi connectivity index (χ0v) is 16.5. The second-order valence-corrected chi connectivity index (χ2v) is 10.4. The van der Waals surface area contributed by atoms with Gasteiger partial charge in [0, 0.05) is 31.5 Å². The second-order valence-electron chi connectivity index (χ2n) is 8.11. The zero-order valence-electron chi connectivity index (χ0n) is 15.7. The Bertz CT molecular complexity index is 718. The highest BCUT2D eigenvalue weighted by Gasteiger charge is 2.50. The first-order chi connectivity index (χ1) is 12.4. The molecule has 6 heteroatoms. The van der Waals surface area contributed by atoms with Crippen molar-refractivity contribution in [3.63, 3.8) is 0 Å². The first-order valence-corrected chi connectivity index (χ1v) is 11.3. The van der Waals surface area contributed by atoms with Crippen molar-refractivity contribution in [2.24, 2.45) is 17.8 Å². The van der Waals surface area contributed by atoms with Gasteiger partial charge in [0.25, 0.3) is 0 Å². The molecule has 0 radical (unpaired) electrons. The number of hydrogen-bond donors (Lipinski definition) is 1. The normalized spacial score (nSPS) is 28.0. The van der Waals surface area contributed by atoms with Gasteiger partial charge in [-0.1, -0.05) is 44.2 Å². The van der Waals surface area contributed by atoms with Gasteiger partial charge in [-0.25, -0.2) is 8.42 Å². The van der Waals surface area contributed by atoms with E-state index in [1.54, 1.807) is 0 Å². The fourth-order valence-corrected chi connectivity index (χ4v) is 6.30. The van der Waals surface area contributed by atoms with Crippen LogP contribution in [-0.2, 0) is 21.2 Å². The average Bonchev–Trinajstić information content (AvgIpc) is 3.04. The Morgan fingerprint density at radius 3 is 2.65 bits per heavy atom. The maximum Gasteiger partial charge on any atom is 0.223 e. The van der Waals surface area contributed by atoms with Gasteiger partial charge >= 0.3 is 0 Å². The SMILES string of the molecule is CC(C)CCN1C[C@H]2[C@@H](C1)S(=O)(=O)CC[C@H]2C(=O)NCc1ccccc1. The Morgan fingerprint density at radius 1 is 1.23 bits per heavy atom. The molecule has 26 heavy (non-hydrogen) atoms. The Morgan fingerprint density at radius 2 is 1.96 bits per heavy atom. The number of amides is 1.